The van der Waals surface area contributed by atoms with Crippen molar-refractivity contribution >= 4 is 11.9 Å². The normalized spacial score (nSPS) is 21.2. The second-order valence-electron chi connectivity index (χ2n) is 3.22. The van der Waals surface area contributed by atoms with Gasteiger partial charge in [0.25, 0.3) is 0 Å². The first-order valence-corrected chi connectivity index (χ1v) is 4.02. The van der Waals surface area contributed by atoms with Crippen molar-refractivity contribution in [3.63, 3.8) is 0 Å². The fraction of sp³-hybridized carbons (Fsp3) is 0.714. The molecular weight excluding hydrogens is 174 g/mol. The molecular formula is C7H13N3O3. The van der Waals surface area contributed by atoms with E-state index in [0.29, 0.717) is 0 Å². The van der Waals surface area contributed by atoms with Crippen molar-refractivity contribution in [2.45, 2.75) is 18.4 Å². The minimum Gasteiger partial charge on any atom is -0.380 e. The molecule has 1 saturated heterocycles. The van der Waals surface area contributed by atoms with Crippen LogP contribution in [0.4, 0.5) is 4.79 Å². The molecule has 0 radical (unpaired) electrons. The van der Waals surface area contributed by atoms with Gasteiger partial charge in [-0.05, 0) is 0 Å². The molecule has 1 aliphatic rings. The standard InChI is InChI=1S/C7H13N3O3/c8-5(11)7(13)1-3-10(4-2-7)6(9)12/h13H,1-4H2,(H2,8,11)(H2,9,12). The van der Waals surface area contributed by atoms with Gasteiger partial charge in [-0.25, -0.2) is 4.79 Å². The minimum absolute atomic E-state index is 0.158. The summed E-state index contributed by atoms with van der Waals surface area (Å²) in [5.74, 6) is -0.739. The highest BCUT2D eigenvalue weighted by atomic mass is 16.3. The molecule has 6 nitrogen and oxygen atoms in total. The van der Waals surface area contributed by atoms with Gasteiger partial charge in [0, 0.05) is 25.9 Å². The van der Waals surface area contributed by atoms with E-state index in [9.17, 15) is 14.7 Å². The Labute approximate surface area is 75.5 Å². The Bertz CT molecular complexity index is 233. The second-order valence-corrected chi connectivity index (χ2v) is 3.22. The van der Waals surface area contributed by atoms with Crippen LogP contribution in [-0.4, -0.2) is 40.6 Å². The zero-order valence-corrected chi connectivity index (χ0v) is 7.19. The molecule has 0 saturated carbocycles. The van der Waals surface area contributed by atoms with Gasteiger partial charge < -0.3 is 21.5 Å². The van der Waals surface area contributed by atoms with Gasteiger partial charge in [0.1, 0.15) is 5.60 Å². The third-order valence-corrected chi connectivity index (χ3v) is 2.36. The Balaban J connectivity index is 2.56. The number of carbonyl (C=O) groups excluding carboxylic acids is 2. The highest BCUT2D eigenvalue weighted by molar-refractivity contribution is 5.83. The number of hydrogen-bond acceptors (Lipinski definition) is 3. The molecule has 6 heteroatoms. The molecule has 0 aliphatic carbocycles. The summed E-state index contributed by atoms with van der Waals surface area (Å²) in [6, 6.07) is -0.536. The first-order valence-electron chi connectivity index (χ1n) is 4.02. The van der Waals surface area contributed by atoms with E-state index >= 15 is 0 Å². The lowest BCUT2D eigenvalue weighted by Gasteiger charge is -2.34. The van der Waals surface area contributed by atoms with Crippen molar-refractivity contribution < 1.29 is 14.7 Å². The molecule has 0 unspecified atom stereocenters. The van der Waals surface area contributed by atoms with Crippen LogP contribution < -0.4 is 11.5 Å². The van der Waals surface area contributed by atoms with Gasteiger partial charge in [0.15, 0.2) is 0 Å². The highest BCUT2D eigenvalue weighted by Gasteiger charge is 2.38. The number of aliphatic hydroxyl groups is 1. The number of hydrogen-bond donors (Lipinski definition) is 3. The molecule has 0 spiro atoms. The lowest BCUT2D eigenvalue weighted by Crippen LogP contribution is -2.54. The van der Waals surface area contributed by atoms with E-state index in [4.69, 9.17) is 11.5 Å². The number of primary amides is 2. The first-order chi connectivity index (χ1) is 5.96. The number of rotatable bonds is 1. The van der Waals surface area contributed by atoms with Crippen molar-refractivity contribution in [3.8, 4) is 0 Å². The molecule has 0 atom stereocenters. The number of piperidine rings is 1. The third-order valence-electron chi connectivity index (χ3n) is 2.36. The summed E-state index contributed by atoms with van der Waals surface area (Å²) in [6.07, 6.45) is 0.316. The van der Waals surface area contributed by atoms with Crippen molar-refractivity contribution in [3.05, 3.63) is 0 Å². The van der Waals surface area contributed by atoms with E-state index in [-0.39, 0.29) is 25.9 Å². The van der Waals surface area contributed by atoms with Crippen LogP contribution in [0.1, 0.15) is 12.8 Å². The van der Waals surface area contributed by atoms with Crippen LogP contribution in [-0.2, 0) is 4.79 Å². The summed E-state index contributed by atoms with van der Waals surface area (Å²) in [6.45, 7) is 0.545. The number of amides is 3. The Morgan fingerprint density at radius 1 is 1.23 bits per heavy atom. The summed E-state index contributed by atoms with van der Waals surface area (Å²) in [7, 11) is 0. The van der Waals surface area contributed by atoms with Gasteiger partial charge in [-0.3, -0.25) is 4.79 Å². The SMILES string of the molecule is NC(=O)N1CCC(O)(C(N)=O)CC1. The number of carbonyl (C=O) groups is 2. The molecule has 0 aromatic carbocycles. The molecule has 0 aromatic rings. The smallest absolute Gasteiger partial charge is 0.314 e. The van der Waals surface area contributed by atoms with Gasteiger partial charge in [-0.1, -0.05) is 0 Å². The zero-order valence-electron chi connectivity index (χ0n) is 7.19. The van der Waals surface area contributed by atoms with Gasteiger partial charge >= 0.3 is 6.03 Å². The van der Waals surface area contributed by atoms with Crippen molar-refractivity contribution in [1.29, 1.82) is 0 Å². The quantitative estimate of drug-likeness (QED) is 0.458. The lowest BCUT2D eigenvalue weighted by atomic mass is 9.91. The lowest BCUT2D eigenvalue weighted by molar-refractivity contribution is -0.140. The van der Waals surface area contributed by atoms with Crippen LogP contribution in [0.3, 0.4) is 0 Å². The predicted molar refractivity (Wildman–Crippen MR) is 44.5 cm³/mol. The molecule has 0 aromatic heterocycles. The zero-order chi connectivity index (χ0) is 10.1. The molecule has 3 amide bonds. The van der Waals surface area contributed by atoms with E-state index in [1.807, 2.05) is 0 Å². The summed E-state index contributed by atoms with van der Waals surface area (Å²) in [4.78, 5) is 22.8. The summed E-state index contributed by atoms with van der Waals surface area (Å²) in [5, 5.41) is 9.59. The van der Waals surface area contributed by atoms with Crippen LogP contribution in [0.15, 0.2) is 0 Å². The van der Waals surface area contributed by atoms with Gasteiger partial charge in [0.2, 0.25) is 5.91 Å². The van der Waals surface area contributed by atoms with Crippen LogP contribution in [0.5, 0.6) is 0 Å². The summed E-state index contributed by atoms with van der Waals surface area (Å²) < 4.78 is 0. The van der Waals surface area contributed by atoms with Crippen LogP contribution >= 0.6 is 0 Å². The summed E-state index contributed by atoms with van der Waals surface area (Å²) >= 11 is 0. The second kappa shape index (κ2) is 3.21. The van der Waals surface area contributed by atoms with Crippen LogP contribution in [0, 0.1) is 0 Å². The van der Waals surface area contributed by atoms with Gasteiger partial charge in [-0.2, -0.15) is 0 Å². The number of likely N-dealkylation sites (tertiary alicyclic amines) is 1. The first kappa shape index (κ1) is 9.79. The van der Waals surface area contributed by atoms with E-state index < -0.39 is 17.5 Å². The van der Waals surface area contributed by atoms with Gasteiger partial charge in [0.05, 0.1) is 0 Å². The molecule has 0 bridgehead atoms. The maximum absolute atomic E-state index is 10.8. The molecule has 1 fully saturated rings. The average molecular weight is 187 g/mol. The Kier molecular flexibility index (Phi) is 2.42. The topological polar surface area (TPSA) is 110 Å². The van der Waals surface area contributed by atoms with E-state index in [0.717, 1.165) is 0 Å². The largest absolute Gasteiger partial charge is 0.380 e. The van der Waals surface area contributed by atoms with E-state index in [2.05, 4.69) is 0 Å². The number of urea groups is 1. The number of nitrogens with two attached hydrogens (primary N) is 2. The summed E-state index contributed by atoms with van der Waals surface area (Å²) in [5.41, 5.74) is 8.55. The van der Waals surface area contributed by atoms with Crippen molar-refractivity contribution in [1.82, 2.24) is 4.90 Å². The Hall–Kier alpha value is -1.30. The Morgan fingerprint density at radius 2 is 1.69 bits per heavy atom. The van der Waals surface area contributed by atoms with Crippen LogP contribution in [0.2, 0.25) is 0 Å². The van der Waals surface area contributed by atoms with E-state index in [1.54, 1.807) is 0 Å². The molecule has 74 valence electrons. The maximum atomic E-state index is 10.8. The highest BCUT2D eigenvalue weighted by Crippen LogP contribution is 2.21. The fourth-order valence-corrected chi connectivity index (χ4v) is 1.34. The Morgan fingerprint density at radius 3 is 2.00 bits per heavy atom. The third kappa shape index (κ3) is 1.89. The minimum atomic E-state index is -1.47. The molecule has 1 aliphatic heterocycles. The molecule has 1 heterocycles. The molecule has 13 heavy (non-hydrogen) atoms. The monoisotopic (exact) mass is 187 g/mol. The maximum Gasteiger partial charge on any atom is 0.314 e. The molecule has 1 rings (SSSR count). The van der Waals surface area contributed by atoms with Crippen molar-refractivity contribution in [2.24, 2.45) is 11.5 Å². The van der Waals surface area contributed by atoms with Crippen molar-refractivity contribution in [2.75, 3.05) is 13.1 Å². The average Bonchev–Trinajstić information content (AvgIpc) is 2.04. The van der Waals surface area contributed by atoms with Crippen LogP contribution in [0.25, 0.3) is 0 Å². The predicted octanol–water partition coefficient (Wildman–Crippen LogP) is -1.62. The fourth-order valence-electron chi connectivity index (χ4n) is 1.34. The number of nitrogens with zero attached hydrogens (tertiary/aromatic N) is 1. The molecule has 5 N–H and O–H groups in total. The van der Waals surface area contributed by atoms with E-state index in [1.165, 1.54) is 4.90 Å². The van der Waals surface area contributed by atoms with Gasteiger partial charge in [-0.15, -0.1) is 0 Å².